The maximum Gasteiger partial charge on any atom is 0.140 e. The molecule has 1 heterocycles. The molecule has 0 aliphatic heterocycles. The molecule has 0 amide bonds. The van der Waals surface area contributed by atoms with E-state index in [-0.39, 0.29) is 10.5 Å². The van der Waals surface area contributed by atoms with Gasteiger partial charge in [-0.3, -0.25) is 0 Å². The van der Waals surface area contributed by atoms with Crippen LogP contribution < -0.4 is 5.32 Å². The molecule has 2 aromatic rings. The number of nitrogens with one attached hydrogen (secondary N) is 1. The Bertz CT molecular complexity index is 568. The standard InChI is InChI=1S/C13H12BrF2NS/c1-7(17-2)12-3-4-13(18-12)8-5-9(14)11(16)6-10(8)15/h3-7,17H,1-2H3. The summed E-state index contributed by atoms with van der Waals surface area (Å²) in [4.78, 5) is 1.91. The van der Waals surface area contributed by atoms with Gasteiger partial charge in [-0.2, -0.15) is 0 Å². The highest BCUT2D eigenvalue weighted by Crippen LogP contribution is 2.35. The highest BCUT2D eigenvalue weighted by atomic mass is 79.9. The minimum absolute atomic E-state index is 0.218. The molecule has 0 aliphatic rings. The van der Waals surface area contributed by atoms with Gasteiger partial charge in [-0.15, -0.1) is 11.3 Å². The van der Waals surface area contributed by atoms with Gasteiger partial charge in [0.2, 0.25) is 0 Å². The normalized spacial score (nSPS) is 12.7. The van der Waals surface area contributed by atoms with Crippen molar-refractivity contribution in [3.63, 3.8) is 0 Å². The van der Waals surface area contributed by atoms with E-state index in [1.807, 2.05) is 26.1 Å². The van der Waals surface area contributed by atoms with Crippen LogP contribution in [0.2, 0.25) is 0 Å². The largest absolute Gasteiger partial charge is 0.313 e. The van der Waals surface area contributed by atoms with Crippen LogP contribution in [0.1, 0.15) is 17.8 Å². The predicted molar refractivity (Wildman–Crippen MR) is 74.8 cm³/mol. The fraction of sp³-hybridized carbons (Fsp3) is 0.231. The van der Waals surface area contributed by atoms with Gasteiger partial charge in [0.25, 0.3) is 0 Å². The average Bonchev–Trinajstić information content (AvgIpc) is 2.82. The number of hydrogen-bond donors (Lipinski definition) is 1. The van der Waals surface area contributed by atoms with Crippen LogP contribution in [0.3, 0.4) is 0 Å². The maximum atomic E-state index is 13.7. The van der Waals surface area contributed by atoms with E-state index in [9.17, 15) is 8.78 Å². The second-order valence-electron chi connectivity index (χ2n) is 3.96. The van der Waals surface area contributed by atoms with Crippen LogP contribution >= 0.6 is 27.3 Å². The number of hydrogen-bond acceptors (Lipinski definition) is 2. The average molecular weight is 332 g/mol. The van der Waals surface area contributed by atoms with Gasteiger partial charge in [-0.25, -0.2) is 8.78 Å². The fourth-order valence-corrected chi connectivity index (χ4v) is 3.01. The zero-order chi connectivity index (χ0) is 13.3. The van der Waals surface area contributed by atoms with E-state index >= 15 is 0 Å². The van der Waals surface area contributed by atoms with E-state index in [1.165, 1.54) is 17.4 Å². The van der Waals surface area contributed by atoms with Crippen molar-refractivity contribution in [3.05, 3.63) is 45.2 Å². The number of halogens is 3. The van der Waals surface area contributed by atoms with Gasteiger partial charge in [0.1, 0.15) is 11.6 Å². The van der Waals surface area contributed by atoms with Crippen LogP contribution in [0.25, 0.3) is 10.4 Å². The van der Waals surface area contributed by atoms with Gasteiger partial charge in [-0.1, -0.05) is 0 Å². The van der Waals surface area contributed by atoms with E-state index in [1.54, 1.807) is 0 Å². The molecule has 0 radical (unpaired) electrons. The minimum Gasteiger partial charge on any atom is -0.313 e. The highest BCUT2D eigenvalue weighted by Gasteiger charge is 2.13. The van der Waals surface area contributed by atoms with Crippen molar-refractivity contribution in [1.29, 1.82) is 0 Å². The summed E-state index contributed by atoms with van der Waals surface area (Å²) in [5, 5.41) is 3.13. The number of rotatable bonds is 3. The van der Waals surface area contributed by atoms with Crippen molar-refractivity contribution in [1.82, 2.24) is 5.32 Å². The zero-order valence-electron chi connectivity index (χ0n) is 9.93. The Balaban J connectivity index is 2.43. The van der Waals surface area contributed by atoms with Crippen LogP contribution in [0.15, 0.2) is 28.7 Å². The third-order valence-corrected chi connectivity index (χ3v) is 4.67. The molecule has 18 heavy (non-hydrogen) atoms. The van der Waals surface area contributed by atoms with Crippen molar-refractivity contribution >= 4 is 27.3 Å². The Hall–Kier alpha value is -0.780. The molecule has 1 unspecified atom stereocenters. The van der Waals surface area contributed by atoms with Crippen LogP contribution in [-0.4, -0.2) is 7.05 Å². The fourth-order valence-electron chi connectivity index (χ4n) is 1.58. The molecule has 96 valence electrons. The summed E-state index contributed by atoms with van der Waals surface area (Å²) in [6.45, 7) is 2.03. The van der Waals surface area contributed by atoms with E-state index in [2.05, 4.69) is 21.2 Å². The van der Waals surface area contributed by atoms with Gasteiger partial charge in [0.05, 0.1) is 4.47 Å². The van der Waals surface area contributed by atoms with Crippen molar-refractivity contribution in [2.45, 2.75) is 13.0 Å². The van der Waals surface area contributed by atoms with Crippen molar-refractivity contribution in [2.75, 3.05) is 7.05 Å². The van der Waals surface area contributed by atoms with Crippen LogP contribution in [0.4, 0.5) is 8.78 Å². The molecular formula is C13H12BrF2NS. The summed E-state index contributed by atoms with van der Waals surface area (Å²) in [5.74, 6) is -1.13. The second kappa shape index (κ2) is 5.47. The van der Waals surface area contributed by atoms with Crippen molar-refractivity contribution in [3.8, 4) is 10.4 Å². The second-order valence-corrected chi connectivity index (χ2v) is 5.93. The quantitative estimate of drug-likeness (QED) is 0.801. The van der Waals surface area contributed by atoms with Gasteiger partial charge < -0.3 is 5.32 Å². The van der Waals surface area contributed by atoms with Crippen LogP contribution in [0, 0.1) is 11.6 Å². The zero-order valence-corrected chi connectivity index (χ0v) is 12.3. The number of thiophene rings is 1. The van der Waals surface area contributed by atoms with Crippen molar-refractivity contribution < 1.29 is 8.78 Å². The van der Waals surface area contributed by atoms with Crippen molar-refractivity contribution in [2.24, 2.45) is 0 Å². The van der Waals surface area contributed by atoms with E-state index in [0.717, 1.165) is 15.8 Å². The van der Waals surface area contributed by atoms with Gasteiger partial charge in [0.15, 0.2) is 0 Å². The molecule has 0 spiro atoms. The summed E-state index contributed by atoms with van der Waals surface area (Å²) < 4.78 is 27.2. The lowest BCUT2D eigenvalue weighted by molar-refractivity contribution is 0.581. The molecule has 0 saturated heterocycles. The van der Waals surface area contributed by atoms with Crippen LogP contribution in [-0.2, 0) is 0 Å². The third-order valence-electron chi connectivity index (χ3n) is 2.76. The Morgan fingerprint density at radius 1 is 1.22 bits per heavy atom. The first-order valence-electron chi connectivity index (χ1n) is 5.45. The Kier molecular flexibility index (Phi) is 4.14. The molecule has 2 rings (SSSR count). The minimum atomic E-state index is -0.586. The van der Waals surface area contributed by atoms with Gasteiger partial charge in [0, 0.05) is 27.4 Å². The molecular weight excluding hydrogens is 320 g/mol. The van der Waals surface area contributed by atoms with E-state index in [4.69, 9.17) is 0 Å². The van der Waals surface area contributed by atoms with Gasteiger partial charge >= 0.3 is 0 Å². The molecule has 0 bridgehead atoms. The first-order chi connectivity index (χ1) is 8.52. The lowest BCUT2D eigenvalue weighted by atomic mass is 10.1. The molecule has 1 N–H and O–H groups in total. The smallest absolute Gasteiger partial charge is 0.140 e. The first-order valence-corrected chi connectivity index (χ1v) is 7.05. The molecule has 0 fully saturated rings. The Labute approximate surface area is 117 Å². The molecule has 0 aliphatic carbocycles. The van der Waals surface area contributed by atoms with E-state index < -0.39 is 11.6 Å². The highest BCUT2D eigenvalue weighted by molar-refractivity contribution is 9.10. The van der Waals surface area contributed by atoms with Crippen LogP contribution in [0.5, 0.6) is 0 Å². The molecule has 0 saturated carbocycles. The summed E-state index contributed by atoms with van der Waals surface area (Å²) in [6, 6.07) is 6.41. The molecule has 1 aromatic carbocycles. The summed E-state index contributed by atoms with van der Waals surface area (Å²) in [7, 11) is 1.87. The number of benzene rings is 1. The van der Waals surface area contributed by atoms with Gasteiger partial charge in [-0.05, 0) is 48.1 Å². The SMILES string of the molecule is CNC(C)c1ccc(-c2cc(Br)c(F)cc2F)s1. The molecule has 5 heteroatoms. The summed E-state index contributed by atoms with van der Waals surface area (Å²) in [6.07, 6.45) is 0. The molecule has 1 atom stereocenters. The topological polar surface area (TPSA) is 12.0 Å². The summed E-state index contributed by atoms with van der Waals surface area (Å²) >= 11 is 4.58. The van der Waals surface area contributed by atoms with E-state index in [0.29, 0.717) is 5.56 Å². The Morgan fingerprint density at radius 3 is 2.61 bits per heavy atom. The lowest BCUT2D eigenvalue weighted by Gasteiger charge is -2.06. The Morgan fingerprint density at radius 2 is 1.94 bits per heavy atom. The molecule has 1 nitrogen and oxygen atoms in total. The monoisotopic (exact) mass is 331 g/mol. The maximum absolute atomic E-state index is 13.7. The summed E-state index contributed by atoms with van der Waals surface area (Å²) in [5.41, 5.74) is 0.419. The molecule has 1 aromatic heterocycles. The third kappa shape index (κ3) is 2.63. The predicted octanol–water partition coefficient (Wildman–Crippen LogP) is 4.74. The first kappa shape index (κ1) is 13.6. The lowest BCUT2D eigenvalue weighted by Crippen LogP contribution is -2.10.